The molecule has 1 atom stereocenters. The molecule has 0 saturated carbocycles. The number of hydrogen-bond acceptors (Lipinski definition) is 3. The van der Waals surface area contributed by atoms with E-state index < -0.39 is 0 Å². The molecule has 0 spiro atoms. The third kappa shape index (κ3) is 5.23. The van der Waals surface area contributed by atoms with Crippen LogP contribution in [0.5, 0.6) is 0 Å². The summed E-state index contributed by atoms with van der Waals surface area (Å²) in [4.78, 5) is 2.42. The van der Waals surface area contributed by atoms with Gasteiger partial charge in [-0.15, -0.1) is 0 Å². The van der Waals surface area contributed by atoms with Crippen molar-refractivity contribution < 1.29 is 4.74 Å². The van der Waals surface area contributed by atoms with E-state index in [2.05, 4.69) is 47.6 Å². The quantitative estimate of drug-likeness (QED) is 0.826. The number of hydrogen-bond donors (Lipinski definition) is 1. The van der Waals surface area contributed by atoms with Gasteiger partial charge >= 0.3 is 0 Å². The Morgan fingerprint density at radius 3 is 2.60 bits per heavy atom. The van der Waals surface area contributed by atoms with Gasteiger partial charge in [-0.05, 0) is 57.4 Å². The van der Waals surface area contributed by atoms with Crippen LogP contribution in [-0.2, 0) is 11.2 Å². The number of nitrogens with zero attached hydrogens (tertiary/aromatic N) is 1. The number of nitrogens with one attached hydrogen (secondary N) is 1. The van der Waals surface area contributed by atoms with E-state index in [1.807, 2.05) is 0 Å². The predicted molar refractivity (Wildman–Crippen MR) is 84.0 cm³/mol. The van der Waals surface area contributed by atoms with Crippen LogP contribution in [-0.4, -0.2) is 51.3 Å². The normalized spacial score (nSPS) is 19.1. The summed E-state index contributed by atoms with van der Waals surface area (Å²) in [7, 11) is 4.00. The Morgan fingerprint density at radius 1 is 1.25 bits per heavy atom. The van der Waals surface area contributed by atoms with Gasteiger partial charge in [-0.2, -0.15) is 0 Å². The zero-order chi connectivity index (χ0) is 14.2. The number of likely N-dealkylation sites (tertiary alicyclic amines) is 1. The molecule has 1 aromatic rings. The summed E-state index contributed by atoms with van der Waals surface area (Å²) < 4.78 is 5.36. The summed E-state index contributed by atoms with van der Waals surface area (Å²) in [5, 5.41) is 3.71. The molecule has 0 radical (unpaired) electrons. The van der Waals surface area contributed by atoms with E-state index in [4.69, 9.17) is 4.74 Å². The van der Waals surface area contributed by atoms with Crippen molar-refractivity contribution in [3.63, 3.8) is 0 Å². The lowest BCUT2D eigenvalue weighted by molar-refractivity contribution is 0.156. The first-order valence-corrected chi connectivity index (χ1v) is 7.72. The van der Waals surface area contributed by atoms with Gasteiger partial charge in [-0.3, -0.25) is 0 Å². The number of ether oxygens (including phenoxy) is 1. The predicted octanol–water partition coefficient (Wildman–Crippen LogP) is 2.18. The Balaban J connectivity index is 1.77. The standard InChI is InChI=1S/C17H28N2O/c1-19-10-8-16(9-11-19)13-18-17(14-20-2)12-15-6-4-3-5-7-15/h3-7,16-18H,8-14H2,1-2H3. The van der Waals surface area contributed by atoms with Gasteiger partial charge in [0.05, 0.1) is 6.61 Å². The van der Waals surface area contributed by atoms with Gasteiger partial charge in [0.15, 0.2) is 0 Å². The van der Waals surface area contributed by atoms with Crippen LogP contribution in [0.25, 0.3) is 0 Å². The van der Waals surface area contributed by atoms with Crippen molar-refractivity contribution in [2.24, 2.45) is 5.92 Å². The largest absolute Gasteiger partial charge is 0.383 e. The number of rotatable bonds is 7. The Labute approximate surface area is 123 Å². The smallest absolute Gasteiger partial charge is 0.0619 e. The molecule has 0 aromatic heterocycles. The molecule has 112 valence electrons. The highest BCUT2D eigenvalue weighted by Crippen LogP contribution is 2.15. The first-order chi connectivity index (χ1) is 9.78. The van der Waals surface area contributed by atoms with Crippen LogP contribution in [0.3, 0.4) is 0 Å². The van der Waals surface area contributed by atoms with Crippen molar-refractivity contribution in [2.45, 2.75) is 25.3 Å². The number of benzene rings is 1. The van der Waals surface area contributed by atoms with Crippen molar-refractivity contribution in [3.8, 4) is 0 Å². The third-order valence-corrected chi connectivity index (χ3v) is 4.23. The molecule has 1 saturated heterocycles. The minimum absolute atomic E-state index is 0.419. The highest BCUT2D eigenvalue weighted by molar-refractivity contribution is 5.15. The van der Waals surface area contributed by atoms with Crippen LogP contribution in [0, 0.1) is 5.92 Å². The van der Waals surface area contributed by atoms with Crippen molar-refractivity contribution >= 4 is 0 Å². The summed E-state index contributed by atoms with van der Waals surface area (Å²) in [6.45, 7) is 4.37. The molecule has 1 unspecified atom stereocenters. The Kier molecular flexibility index (Phi) is 6.51. The summed E-state index contributed by atoms with van der Waals surface area (Å²) >= 11 is 0. The van der Waals surface area contributed by atoms with Gasteiger partial charge in [-0.1, -0.05) is 30.3 Å². The SMILES string of the molecule is COCC(Cc1ccccc1)NCC1CCN(C)CC1. The van der Waals surface area contributed by atoms with Crippen LogP contribution in [0.4, 0.5) is 0 Å². The maximum absolute atomic E-state index is 5.36. The van der Waals surface area contributed by atoms with E-state index in [1.54, 1.807) is 7.11 Å². The highest BCUT2D eigenvalue weighted by atomic mass is 16.5. The Bertz CT molecular complexity index is 361. The molecule has 20 heavy (non-hydrogen) atoms. The van der Waals surface area contributed by atoms with Crippen molar-refractivity contribution in [1.82, 2.24) is 10.2 Å². The zero-order valence-corrected chi connectivity index (χ0v) is 12.8. The maximum atomic E-state index is 5.36. The summed E-state index contributed by atoms with van der Waals surface area (Å²) in [6.07, 6.45) is 3.67. The molecular weight excluding hydrogens is 248 g/mol. The first kappa shape index (κ1) is 15.5. The molecule has 1 aliphatic rings. The Morgan fingerprint density at radius 2 is 1.95 bits per heavy atom. The average Bonchev–Trinajstić information content (AvgIpc) is 2.48. The molecule has 1 heterocycles. The van der Waals surface area contributed by atoms with Crippen LogP contribution >= 0.6 is 0 Å². The molecule has 3 heteroatoms. The van der Waals surface area contributed by atoms with Crippen molar-refractivity contribution in [2.75, 3.05) is 40.4 Å². The van der Waals surface area contributed by atoms with Crippen LogP contribution in [0.1, 0.15) is 18.4 Å². The summed E-state index contributed by atoms with van der Waals surface area (Å²) in [5.74, 6) is 0.821. The molecule has 1 aromatic carbocycles. The van der Waals surface area contributed by atoms with Crippen molar-refractivity contribution in [1.29, 1.82) is 0 Å². The van der Waals surface area contributed by atoms with Gasteiger partial charge < -0.3 is 15.0 Å². The molecular formula is C17H28N2O. The van der Waals surface area contributed by atoms with E-state index in [0.717, 1.165) is 25.5 Å². The van der Waals surface area contributed by atoms with Gasteiger partial charge in [-0.25, -0.2) is 0 Å². The topological polar surface area (TPSA) is 24.5 Å². The summed E-state index contributed by atoms with van der Waals surface area (Å²) in [6, 6.07) is 11.1. The fourth-order valence-corrected chi connectivity index (χ4v) is 2.89. The van der Waals surface area contributed by atoms with Crippen LogP contribution in [0.15, 0.2) is 30.3 Å². The molecule has 0 aliphatic carbocycles. The van der Waals surface area contributed by atoms with E-state index in [1.165, 1.54) is 31.5 Å². The molecule has 1 aliphatic heterocycles. The Hall–Kier alpha value is -0.900. The van der Waals surface area contributed by atoms with E-state index in [-0.39, 0.29) is 0 Å². The van der Waals surface area contributed by atoms with Gasteiger partial charge in [0, 0.05) is 13.2 Å². The lowest BCUT2D eigenvalue weighted by Crippen LogP contribution is -2.41. The molecule has 1 fully saturated rings. The minimum atomic E-state index is 0.419. The third-order valence-electron chi connectivity index (χ3n) is 4.23. The molecule has 0 amide bonds. The minimum Gasteiger partial charge on any atom is -0.383 e. The van der Waals surface area contributed by atoms with E-state index in [9.17, 15) is 0 Å². The van der Waals surface area contributed by atoms with Gasteiger partial charge in [0.2, 0.25) is 0 Å². The molecule has 0 bridgehead atoms. The second kappa shape index (κ2) is 8.40. The van der Waals surface area contributed by atoms with Crippen LogP contribution < -0.4 is 5.32 Å². The molecule has 2 rings (SSSR count). The lowest BCUT2D eigenvalue weighted by Gasteiger charge is -2.30. The van der Waals surface area contributed by atoms with Crippen molar-refractivity contribution in [3.05, 3.63) is 35.9 Å². The lowest BCUT2D eigenvalue weighted by atomic mass is 9.96. The van der Waals surface area contributed by atoms with Gasteiger partial charge in [0.1, 0.15) is 0 Å². The maximum Gasteiger partial charge on any atom is 0.0619 e. The van der Waals surface area contributed by atoms with Crippen LogP contribution in [0.2, 0.25) is 0 Å². The second-order valence-corrected chi connectivity index (χ2v) is 6.00. The molecule has 3 nitrogen and oxygen atoms in total. The number of piperidine rings is 1. The fraction of sp³-hybridized carbons (Fsp3) is 0.647. The van der Waals surface area contributed by atoms with E-state index >= 15 is 0 Å². The fourth-order valence-electron chi connectivity index (χ4n) is 2.89. The van der Waals surface area contributed by atoms with Gasteiger partial charge in [0.25, 0.3) is 0 Å². The zero-order valence-electron chi connectivity index (χ0n) is 12.8. The van der Waals surface area contributed by atoms with E-state index in [0.29, 0.717) is 6.04 Å². The average molecular weight is 276 g/mol. The second-order valence-electron chi connectivity index (χ2n) is 6.00. The molecule has 1 N–H and O–H groups in total. The number of methoxy groups -OCH3 is 1. The monoisotopic (exact) mass is 276 g/mol. The first-order valence-electron chi connectivity index (χ1n) is 7.72. The summed E-state index contributed by atoms with van der Waals surface area (Å²) in [5.41, 5.74) is 1.38. The highest BCUT2D eigenvalue weighted by Gasteiger charge is 2.18.